The summed E-state index contributed by atoms with van der Waals surface area (Å²) >= 11 is 6.08. The van der Waals surface area contributed by atoms with Crippen molar-refractivity contribution in [3.05, 3.63) is 70.2 Å². The topological polar surface area (TPSA) is 0 Å². The molecule has 2 unspecified atom stereocenters. The van der Waals surface area contributed by atoms with Crippen LogP contribution in [0, 0.1) is 0 Å². The molecule has 0 bridgehead atoms. The van der Waals surface area contributed by atoms with Gasteiger partial charge in [-0.15, -0.1) is 0 Å². The first kappa shape index (κ1) is 16.1. The lowest BCUT2D eigenvalue weighted by Crippen LogP contribution is -1.99. The minimum absolute atomic E-state index is 0.557. The second kappa shape index (κ2) is 7.66. The van der Waals surface area contributed by atoms with Crippen molar-refractivity contribution in [2.45, 2.75) is 51.9 Å². The summed E-state index contributed by atoms with van der Waals surface area (Å²) in [5.74, 6) is 1.17. The standard InChI is InChI=1S/C20H25Cl/c1-4-17-10-12-18(13-11-17)15(2)8-9-16(3)19-6-5-7-20(21)14-19/h5-7,10-16H,4,8-9H2,1-3H3. The van der Waals surface area contributed by atoms with E-state index in [2.05, 4.69) is 57.2 Å². The minimum Gasteiger partial charge on any atom is -0.0843 e. The zero-order chi connectivity index (χ0) is 15.2. The van der Waals surface area contributed by atoms with Gasteiger partial charge in [-0.1, -0.05) is 68.8 Å². The van der Waals surface area contributed by atoms with Crippen LogP contribution < -0.4 is 0 Å². The van der Waals surface area contributed by atoms with E-state index in [-0.39, 0.29) is 0 Å². The van der Waals surface area contributed by atoms with Gasteiger partial charge in [0.15, 0.2) is 0 Å². The van der Waals surface area contributed by atoms with Gasteiger partial charge >= 0.3 is 0 Å². The third-order valence-electron chi connectivity index (χ3n) is 4.41. The Labute approximate surface area is 134 Å². The van der Waals surface area contributed by atoms with Gasteiger partial charge in [-0.25, -0.2) is 0 Å². The van der Waals surface area contributed by atoms with Crippen LogP contribution in [0.1, 0.15) is 62.1 Å². The monoisotopic (exact) mass is 300 g/mol. The molecule has 0 spiro atoms. The Morgan fingerprint density at radius 2 is 1.48 bits per heavy atom. The van der Waals surface area contributed by atoms with Crippen molar-refractivity contribution < 1.29 is 0 Å². The lowest BCUT2D eigenvalue weighted by Gasteiger charge is -2.17. The van der Waals surface area contributed by atoms with Crippen molar-refractivity contribution in [3.63, 3.8) is 0 Å². The second-order valence-electron chi connectivity index (χ2n) is 6.03. The van der Waals surface area contributed by atoms with Gasteiger partial charge in [0.1, 0.15) is 0 Å². The van der Waals surface area contributed by atoms with Gasteiger partial charge in [0.2, 0.25) is 0 Å². The van der Waals surface area contributed by atoms with E-state index in [4.69, 9.17) is 11.6 Å². The Balaban J connectivity index is 1.92. The van der Waals surface area contributed by atoms with Gasteiger partial charge in [0, 0.05) is 5.02 Å². The molecule has 0 N–H and O–H groups in total. The van der Waals surface area contributed by atoms with Crippen molar-refractivity contribution in [2.75, 3.05) is 0 Å². The first-order chi connectivity index (χ1) is 10.1. The van der Waals surface area contributed by atoms with Crippen molar-refractivity contribution in [1.29, 1.82) is 0 Å². The van der Waals surface area contributed by atoms with Crippen LogP contribution >= 0.6 is 11.6 Å². The molecule has 0 aliphatic heterocycles. The molecule has 1 heteroatoms. The highest BCUT2D eigenvalue weighted by atomic mass is 35.5. The molecule has 2 aromatic rings. The predicted octanol–water partition coefficient (Wildman–Crippen LogP) is 6.59. The molecule has 0 saturated heterocycles. The SMILES string of the molecule is CCc1ccc(C(C)CCC(C)c2cccc(Cl)c2)cc1. The third kappa shape index (κ3) is 4.61. The molecule has 0 heterocycles. The molecule has 2 aromatic carbocycles. The Morgan fingerprint density at radius 3 is 2.05 bits per heavy atom. The average molecular weight is 301 g/mol. The fourth-order valence-electron chi connectivity index (χ4n) is 2.73. The Morgan fingerprint density at radius 1 is 0.857 bits per heavy atom. The van der Waals surface area contributed by atoms with E-state index in [1.54, 1.807) is 0 Å². The second-order valence-corrected chi connectivity index (χ2v) is 6.47. The maximum absolute atomic E-state index is 6.08. The minimum atomic E-state index is 0.557. The van der Waals surface area contributed by atoms with Crippen LogP contribution in [-0.4, -0.2) is 0 Å². The van der Waals surface area contributed by atoms with E-state index < -0.39 is 0 Å². The Bertz CT molecular complexity index is 556. The fraction of sp³-hybridized carbons (Fsp3) is 0.400. The average Bonchev–Trinajstić information content (AvgIpc) is 2.52. The molecule has 0 radical (unpaired) electrons. The Hall–Kier alpha value is -1.27. The van der Waals surface area contributed by atoms with Crippen LogP contribution in [-0.2, 0) is 6.42 Å². The number of hydrogen-bond donors (Lipinski definition) is 0. The van der Waals surface area contributed by atoms with Crippen molar-refractivity contribution in [3.8, 4) is 0 Å². The smallest absolute Gasteiger partial charge is 0.0408 e. The van der Waals surface area contributed by atoms with E-state index >= 15 is 0 Å². The number of benzene rings is 2. The molecule has 0 fully saturated rings. The molecule has 0 saturated carbocycles. The summed E-state index contributed by atoms with van der Waals surface area (Å²) < 4.78 is 0. The van der Waals surface area contributed by atoms with Crippen LogP contribution in [0.5, 0.6) is 0 Å². The summed E-state index contributed by atoms with van der Waals surface area (Å²) in [7, 11) is 0. The molecule has 2 atom stereocenters. The molecule has 112 valence electrons. The van der Waals surface area contributed by atoms with Gasteiger partial charge in [-0.05, 0) is 59.9 Å². The van der Waals surface area contributed by atoms with Crippen LogP contribution in [0.3, 0.4) is 0 Å². The molecule has 0 nitrogen and oxygen atoms in total. The quantitative estimate of drug-likeness (QED) is 0.564. The lowest BCUT2D eigenvalue weighted by molar-refractivity contribution is 0.574. The van der Waals surface area contributed by atoms with Gasteiger partial charge in [0.25, 0.3) is 0 Å². The summed E-state index contributed by atoms with van der Waals surface area (Å²) in [6.45, 7) is 6.81. The first-order valence-electron chi connectivity index (χ1n) is 7.94. The third-order valence-corrected chi connectivity index (χ3v) is 4.64. The number of rotatable bonds is 6. The molecule has 0 aromatic heterocycles. The number of hydrogen-bond acceptors (Lipinski definition) is 0. The molecular formula is C20H25Cl. The highest BCUT2D eigenvalue weighted by Gasteiger charge is 2.10. The van der Waals surface area contributed by atoms with Crippen molar-refractivity contribution >= 4 is 11.6 Å². The van der Waals surface area contributed by atoms with Gasteiger partial charge in [-0.3, -0.25) is 0 Å². The molecular weight excluding hydrogens is 276 g/mol. The van der Waals surface area contributed by atoms with E-state index in [0.29, 0.717) is 11.8 Å². The molecule has 0 aliphatic carbocycles. The van der Waals surface area contributed by atoms with Gasteiger partial charge in [0.05, 0.1) is 0 Å². The van der Waals surface area contributed by atoms with Crippen molar-refractivity contribution in [2.24, 2.45) is 0 Å². The van der Waals surface area contributed by atoms with Crippen LogP contribution in [0.4, 0.5) is 0 Å². The molecule has 2 rings (SSSR count). The van der Waals surface area contributed by atoms with Gasteiger partial charge in [-0.2, -0.15) is 0 Å². The predicted molar refractivity (Wildman–Crippen MR) is 93.3 cm³/mol. The molecule has 0 aliphatic rings. The van der Waals surface area contributed by atoms with Gasteiger partial charge < -0.3 is 0 Å². The van der Waals surface area contributed by atoms with Crippen LogP contribution in [0.25, 0.3) is 0 Å². The zero-order valence-electron chi connectivity index (χ0n) is 13.3. The molecule has 0 amide bonds. The van der Waals surface area contributed by atoms with Crippen molar-refractivity contribution in [1.82, 2.24) is 0 Å². The normalized spacial score (nSPS) is 13.9. The summed E-state index contributed by atoms with van der Waals surface area (Å²) in [4.78, 5) is 0. The number of halogens is 1. The first-order valence-corrected chi connectivity index (χ1v) is 8.32. The summed E-state index contributed by atoms with van der Waals surface area (Å²) in [6.07, 6.45) is 3.51. The summed E-state index contributed by atoms with van der Waals surface area (Å²) in [5, 5.41) is 0.836. The highest BCUT2D eigenvalue weighted by Crippen LogP contribution is 2.28. The Kier molecular flexibility index (Phi) is 5.87. The van der Waals surface area contributed by atoms with Crippen LogP contribution in [0.2, 0.25) is 5.02 Å². The lowest BCUT2D eigenvalue weighted by atomic mass is 9.89. The van der Waals surface area contributed by atoms with E-state index in [0.717, 1.165) is 11.4 Å². The van der Waals surface area contributed by atoms with E-state index in [1.165, 1.54) is 29.5 Å². The summed E-state index contributed by atoms with van der Waals surface area (Å²) in [5.41, 5.74) is 4.21. The van der Waals surface area contributed by atoms with E-state index in [9.17, 15) is 0 Å². The number of aryl methyl sites for hydroxylation is 1. The highest BCUT2D eigenvalue weighted by molar-refractivity contribution is 6.30. The largest absolute Gasteiger partial charge is 0.0843 e. The maximum atomic E-state index is 6.08. The molecule has 21 heavy (non-hydrogen) atoms. The van der Waals surface area contributed by atoms with E-state index in [1.807, 2.05) is 12.1 Å². The maximum Gasteiger partial charge on any atom is 0.0408 e. The zero-order valence-corrected chi connectivity index (χ0v) is 14.0. The fourth-order valence-corrected chi connectivity index (χ4v) is 2.93. The summed E-state index contributed by atoms with van der Waals surface area (Å²) in [6, 6.07) is 17.3. The van der Waals surface area contributed by atoms with Crippen LogP contribution in [0.15, 0.2) is 48.5 Å².